The molecule has 21 heavy (non-hydrogen) atoms. The second-order valence-electron chi connectivity index (χ2n) is 4.18. The minimum Gasteiger partial charge on any atom is -0.477 e. The van der Waals surface area contributed by atoms with Gasteiger partial charge in [-0.05, 0) is 30.3 Å². The molecular weight excluding hydrogens is 294 g/mol. The van der Waals surface area contributed by atoms with Crippen LogP contribution < -0.4 is 5.32 Å². The number of aromatic carboxylic acids is 1. The van der Waals surface area contributed by atoms with Crippen molar-refractivity contribution < 1.29 is 14.7 Å². The summed E-state index contributed by atoms with van der Waals surface area (Å²) in [5.41, 5.74) is 0.689. The SMILES string of the molecule is N#Cc1ccc(Cl)c(NC(=O)Cn2cccc2C(=O)O)c1. The van der Waals surface area contributed by atoms with Crippen LogP contribution >= 0.6 is 11.6 Å². The highest BCUT2D eigenvalue weighted by Crippen LogP contribution is 2.22. The molecule has 1 amide bonds. The van der Waals surface area contributed by atoms with Crippen LogP contribution in [0.5, 0.6) is 0 Å². The lowest BCUT2D eigenvalue weighted by Gasteiger charge is -2.09. The van der Waals surface area contributed by atoms with Crippen LogP contribution in [0.2, 0.25) is 5.02 Å². The number of carboxylic acid groups (broad SMARTS) is 1. The van der Waals surface area contributed by atoms with Crippen molar-refractivity contribution >= 4 is 29.2 Å². The average molecular weight is 304 g/mol. The predicted molar refractivity (Wildman–Crippen MR) is 76.2 cm³/mol. The largest absolute Gasteiger partial charge is 0.477 e. The van der Waals surface area contributed by atoms with Crippen molar-refractivity contribution in [3.05, 3.63) is 52.8 Å². The highest BCUT2D eigenvalue weighted by molar-refractivity contribution is 6.33. The molecule has 2 rings (SSSR count). The topological polar surface area (TPSA) is 95.1 Å². The van der Waals surface area contributed by atoms with Crippen molar-refractivity contribution in [2.75, 3.05) is 5.32 Å². The number of nitrogens with zero attached hydrogens (tertiary/aromatic N) is 2. The Bertz CT molecular complexity index is 746. The number of aromatic nitrogens is 1. The maximum atomic E-state index is 11.9. The van der Waals surface area contributed by atoms with E-state index in [2.05, 4.69) is 5.32 Å². The van der Waals surface area contributed by atoms with Gasteiger partial charge < -0.3 is 15.0 Å². The molecule has 0 saturated heterocycles. The summed E-state index contributed by atoms with van der Waals surface area (Å²) in [6.45, 7) is -0.165. The quantitative estimate of drug-likeness (QED) is 0.906. The molecule has 0 saturated carbocycles. The third-order valence-electron chi connectivity index (χ3n) is 2.73. The van der Waals surface area contributed by atoms with Gasteiger partial charge in [0, 0.05) is 6.20 Å². The van der Waals surface area contributed by atoms with Crippen LogP contribution in [0.4, 0.5) is 5.69 Å². The molecule has 0 fully saturated rings. The van der Waals surface area contributed by atoms with Gasteiger partial charge in [-0.15, -0.1) is 0 Å². The number of hydrogen-bond acceptors (Lipinski definition) is 3. The van der Waals surface area contributed by atoms with Gasteiger partial charge in [-0.3, -0.25) is 4.79 Å². The lowest BCUT2D eigenvalue weighted by molar-refractivity contribution is -0.116. The van der Waals surface area contributed by atoms with E-state index in [-0.39, 0.29) is 12.2 Å². The number of benzene rings is 1. The van der Waals surface area contributed by atoms with E-state index < -0.39 is 11.9 Å². The van der Waals surface area contributed by atoms with Crippen molar-refractivity contribution in [1.29, 1.82) is 5.26 Å². The summed E-state index contributed by atoms with van der Waals surface area (Å²) >= 11 is 5.94. The first kappa shape index (κ1) is 14.6. The second kappa shape index (κ2) is 6.11. The van der Waals surface area contributed by atoms with E-state index in [4.69, 9.17) is 22.0 Å². The number of nitrogens with one attached hydrogen (secondary N) is 1. The normalized spacial score (nSPS) is 9.90. The minimum absolute atomic E-state index is 0.0158. The fourth-order valence-electron chi connectivity index (χ4n) is 1.78. The van der Waals surface area contributed by atoms with Gasteiger partial charge in [-0.2, -0.15) is 5.26 Å². The Kier molecular flexibility index (Phi) is 4.26. The molecule has 0 radical (unpaired) electrons. The zero-order chi connectivity index (χ0) is 15.4. The Balaban J connectivity index is 2.14. The number of halogens is 1. The van der Waals surface area contributed by atoms with Gasteiger partial charge in [-0.1, -0.05) is 11.6 Å². The summed E-state index contributed by atoms with van der Waals surface area (Å²) in [5, 5.41) is 20.6. The first-order valence-electron chi connectivity index (χ1n) is 5.89. The lowest BCUT2D eigenvalue weighted by atomic mass is 10.2. The Morgan fingerprint density at radius 1 is 1.38 bits per heavy atom. The van der Waals surface area contributed by atoms with E-state index in [9.17, 15) is 9.59 Å². The Hall–Kier alpha value is -2.78. The smallest absolute Gasteiger partial charge is 0.352 e. The number of carbonyl (C=O) groups is 2. The summed E-state index contributed by atoms with van der Waals surface area (Å²) in [6.07, 6.45) is 1.50. The molecule has 2 N–H and O–H groups in total. The predicted octanol–water partition coefficient (Wildman–Crippen LogP) is 2.35. The van der Waals surface area contributed by atoms with Crippen molar-refractivity contribution in [1.82, 2.24) is 4.57 Å². The summed E-state index contributed by atoms with van der Waals surface area (Å²) in [4.78, 5) is 22.9. The van der Waals surface area contributed by atoms with E-state index >= 15 is 0 Å². The van der Waals surface area contributed by atoms with Crippen molar-refractivity contribution in [2.24, 2.45) is 0 Å². The molecule has 1 aromatic heterocycles. The third kappa shape index (κ3) is 3.41. The van der Waals surface area contributed by atoms with E-state index in [1.165, 1.54) is 35.0 Å². The molecule has 0 aliphatic rings. The van der Waals surface area contributed by atoms with Crippen LogP contribution in [0.25, 0.3) is 0 Å². The summed E-state index contributed by atoms with van der Waals surface area (Å²) in [7, 11) is 0. The highest BCUT2D eigenvalue weighted by atomic mass is 35.5. The zero-order valence-electron chi connectivity index (χ0n) is 10.7. The van der Waals surface area contributed by atoms with E-state index in [1.54, 1.807) is 6.07 Å². The molecule has 0 bridgehead atoms. The van der Waals surface area contributed by atoms with Gasteiger partial charge in [0.05, 0.1) is 22.3 Å². The summed E-state index contributed by atoms with van der Waals surface area (Å²) in [5.74, 6) is -1.55. The van der Waals surface area contributed by atoms with Crippen LogP contribution in [0.1, 0.15) is 16.1 Å². The summed E-state index contributed by atoms with van der Waals surface area (Å²) < 4.78 is 1.31. The van der Waals surface area contributed by atoms with Crippen molar-refractivity contribution in [3.8, 4) is 6.07 Å². The Morgan fingerprint density at radius 3 is 2.81 bits per heavy atom. The standard InChI is InChI=1S/C14H10ClN3O3/c15-10-4-3-9(7-16)6-11(10)17-13(19)8-18-5-1-2-12(18)14(20)21/h1-6H,8H2,(H,17,19)(H,20,21). The molecule has 0 aliphatic heterocycles. The number of carbonyl (C=O) groups excluding carboxylic acids is 1. The number of carboxylic acids is 1. The fraction of sp³-hybridized carbons (Fsp3) is 0.0714. The van der Waals surface area contributed by atoms with Crippen molar-refractivity contribution in [3.63, 3.8) is 0 Å². The maximum absolute atomic E-state index is 11.9. The second-order valence-corrected chi connectivity index (χ2v) is 4.59. The minimum atomic E-state index is -1.11. The average Bonchev–Trinajstić information content (AvgIpc) is 2.89. The van der Waals surface area contributed by atoms with E-state index in [0.717, 1.165) is 0 Å². The van der Waals surface area contributed by atoms with Crippen LogP contribution in [-0.4, -0.2) is 21.6 Å². The van der Waals surface area contributed by atoms with Gasteiger partial charge in [0.1, 0.15) is 12.2 Å². The lowest BCUT2D eigenvalue weighted by Crippen LogP contribution is -2.21. The maximum Gasteiger partial charge on any atom is 0.352 e. The van der Waals surface area contributed by atoms with Gasteiger partial charge in [-0.25, -0.2) is 4.79 Å². The molecule has 1 heterocycles. The molecule has 6 nitrogen and oxygen atoms in total. The molecule has 106 valence electrons. The van der Waals surface area contributed by atoms with Crippen LogP contribution in [0.15, 0.2) is 36.5 Å². The van der Waals surface area contributed by atoms with Gasteiger partial charge in [0.15, 0.2) is 0 Å². The highest BCUT2D eigenvalue weighted by Gasteiger charge is 2.13. The zero-order valence-corrected chi connectivity index (χ0v) is 11.5. The van der Waals surface area contributed by atoms with E-state index in [0.29, 0.717) is 16.3 Å². The van der Waals surface area contributed by atoms with Crippen molar-refractivity contribution in [2.45, 2.75) is 6.54 Å². The number of anilines is 1. The van der Waals surface area contributed by atoms with Gasteiger partial charge >= 0.3 is 5.97 Å². The van der Waals surface area contributed by atoms with Crippen LogP contribution in [-0.2, 0) is 11.3 Å². The number of amides is 1. The molecule has 0 aliphatic carbocycles. The van der Waals surface area contributed by atoms with Gasteiger partial charge in [0.25, 0.3) is 0 Å². The van der Waals surface area contributed by atoms with Gasteiger partial charge in [0.2, 0.25) is 5.91 Å². The molecule has 7 heteroatoms. The van der Waals surface area contributed by atoms with E-state index in [1.807, 2.05) is 6.07 Å². The fourth-order valence-corrected chi connectivity index (χ4v) is 1.95. The number of rotatable bonds is 4. The molecule has 0 unspecified atom stereocenters. The molecule has 0 atom stereocenters. The van der Waals surface area contributed by atoms with Crippen LogP contribution in [0.3, 0.4) is 0 Å². The Labute approximate surface area is 125 Å². The molecular formula is C14H10ClN3O3. The monoisotopic (exact) mass is 303 g/mol. The number of hydrogen-bond donors (Lipinski definition) is 2. The molecule has 2 aromatic rings. The third-order valence-corrected chi connectivity index (χ3v) is 3.06. The Morgan fingerprint density at radius 2 is 2.14 bits per heavy atom. The molecule has 1 aromatic carbocycles. The molecule has 0 spiro atoms. The number of nitriles is 1. The van der Waals surface area contributed by atoms with Crippen LogP contribution in [0, 0.1) is 11.3 Å². The summed E-state index contributed by atoms with van der Waals surface area (Å²) in [6, 6.07) is 9.38. The first-order chi connectivity index (χ1) is 10.0. The first-order valence-corrected chi connectivity index (χ1v) is 6.27.